The topological polar surface area (TPSA) is 116 Å². The molecule has 0 bridgehead atoms. The van der Waals surface area contributed by atoms with Gasteiger partial charge >= 0.3 is 11.7 Å². The van der Waals surface area contributed by atoms with Gasteiger partial charge in [0.2, 0.25) is 0 Å². The number of sulfone groups is 1. The Morgan fingerprint density at radius 3 is 2.75 bits per heavy atom. The van der Waals surface area contributed by atoms with Crippen LogP contribution in [-0.4, -0.2) is 60.5 Å². The Kier molecular flexibility index (Phi) is 5.87. The second-order valence-electron chi connectivity index (χ2n) is 6.63. The molecule has 0 radical (unpaired) electrons. The third-order valence-corrected chi connectivity index (χ3v) is 6.53. The predicted octanol–water partition coefficient (Wildman–Crippen LogP) is 0.563. The summed E-state index contributed by atoms with van der Waals surface area (Å²) in [7, 11) is -3.11. The van der Waals surface area contributed by atoms with Crippen LogP contribution in [-0.2, 0) is 30.7 Å². The number of esters is 1. The number of likely N-dealkylation sites (N-methyl/N-ethyl adjacent to an activating group) is 1. The van der Waals surface area contributed by atoms with Crippen LogP contribution in [0, 0.1) is 0 Å². The van der Waals surface area contributed by atoms with Crippen LogP contribution in [0.2, 0.25) is 0 Å². The van der Waals surface area contributed by atoms with E-state index in [2.05, 4.69) is 0 Å². The quantitative estimate of drug-likeness (QED) is 0.613. The molecule has 152 valence electrons. The molecule has 1 aliphatic heterocycles. The van der Waals surface area contributed by atoms with E-state index in [1.54, 1.807) is 31.2 Å². The van der Waals surface area contributed by atoms with Gasteiger partial charge in [0.15, 0.2) is 22.0 Å². The number of oxazole rings is 1. The minimum atomic E-state index is -3.11. The lowest BCUT2D eigenvalue weighted by molar-refractivity contribution is -0.152. The lowest BCUT2D eigenvalue weighted by Crippen LogP contribution is -2.43. The average Bonchev–Trinajstić information content (AvgIpc) is 3.17. The molecule has 2 heterocycles. The van der Waals surface area contributed by atoms with Gasteiger partial charge in [-0.05, 0) is 25.5 Å². The standard InChI is InChI=1S/C18H22N2O7S/c1-2-19(13-8-10-28(24,25)12-13)16(21)11-26-17(22)7-9-20-14-5-3-4-6-15(14)27-18(20)23/h3-6,13H,2,7-12H2,1H3/t13-/m0/s1. The Bertz CT molecular complexity index is 1040. The van der Waals surface area contributed by atoms with Gasteiger partial charge in [-0.25, -0.2) is 13.2 Å². The first kappa shape index (κ1) is 20.1. The van der Waals surface area contributed by atoms with Crippen molar-refractivity contribution < 1.29 is 27.2 Å². The molecule has 0 N–H and O–H groups in total. The number of aromatic nitrogens is 1. The third-order valence-electron chi connectivity index (χ3n) is 4.78. The fourth-order valence-electron chi connectivity index (χ4n) is 3.39. The van der Waals surface area contributed by atoms with E-state index < -0.39 is 34.1 Å². The van der Waals surface area contributed by atoms with E-state index in [1.807, 2.05) is 0 Å². The predicted molar refractivity (Wildman–Crippen MR) is 100 cm³/mol. The van der Waals surface area contributed by atoms with Crippen molar-refractivity contribution in [3.8, 4) is 0 Å². The van der Waals surface area contributed by atoms with Gasteiger partial charge in [0.05, 0.1) is 23.4 Å². The molecule has 0 spiro atoms. The molecule has 10 heteroatoms. The maximum absolute atomic E-state index is 12.3. The van der Waals surface area contributed by atoms with Crippen molar-refractivity contribution in [1.82, 2.24) is 9.47 Å². The number of para-hydroxylation sites is 2. The SMILES string of the molecule is CCN(C(=O)COC(=O)CCn1c(=O)oc2ccccc21)[C@H]1CCS(=O)(=O)C1. The number of amides is 1. The second-order valence-corrected chi connectivity index (χ2v) is 8.86. The molecule has 1 aromatic heterocycles. The molecule has 1 aliphatic rings. The fourth-order valence-corrected chi connectivity index (χ4v) is 5.12. The molecule has 1 atom stereocenters. The molecule has 1 saturated heterocycles. The van der Waals surface area contributed by atoms with Crippen LogP contribution in [0.3, 0.4) is 0 Å². The molecule has 0 saturated carbocycles. The van der Waals surface area contributed by atoms with E-state index in [4.69, 9.17) is 9.15 Å². The Morgan fingerprint density at radius 1 is 1.32 bits per heavy atom. The molecule has 1 aromatic carbocycles. The first-order chi connectivity index (χ1) is 13.3. The molecule has 1 fully saturated rings. The third kappa shape index (κ3) is 4.44. The van der Waals surface area contributed by atoms with Crippen LogP contribution in [0.15, 0.2) is 33.5 Å². The molecular weight excluding hydrogens is 388 g/mol. The normalized spacial score (nSPS) is 18.2. The summed E-state index contributed by atoms with van der Waals surface area (Å²) in [5, 5.41) is 0. The van der Waals surface area contributed by atoms with Crippen LogP contribution in [0.1, 0.15) is 19.8 Å². The summed E-state index contributed by atoms with van der Waals surface area (Å²) in [6.07, 6.45) is 0.299. The first-order valence-corrected chi connectivity index (χ1v) is 10.9. The highest BCUT2D eigenvalue weighted by molar-refractivity contribution is 7.91. The fraction of sp³-hybridized carbons (Fsp3) is 0.500. The summed E-state index contributed by atoms with van der Waals surface area (Å²) in [4.78, 5) is 37.6. The van der Waals surface area contributed by atoms with Gasteiger partial charge in [-0.15, -0.1) is 0 Å². The van der Waals surface area contributed by atoms with Crippen molar-refractivity contribution >= 4 is 32.8 Å². The van der Waals surface area contributed by atoms with Crippen molar-refractivity contribution in [3.63, 3.8) is 0 Å². The highest BCUT2D eigenvalue weighted by Gasteiger charge is 2.34. The van der Waals surface area contributed by atoms with Crippen molar-refractivity contribution in [3.05, 3.63) is 34.8 Å². The van der Waals surface area contributed by atoms with E-state index in [-0.39, 0.29) is 30.5 Å². The lowest BCUT2D eigenvalue weighted by Gasteiger charge is -2.26. The largest absolute Gasteiger partial charge is 0.456 e. The number of fused-ring (bicyclic) bond motifs is 1. The van der Waals surface area contributed by atoms with Crippen LogP contribution in [0.25, 0.3) is 11.1 Å². The highest BCUT2D eigenvalue weighted by atomic mass is 32.2. The monoisotopic (exact) mass is 410 g/mol. The highest BCUT2D eigenvalue weighted by Crippen LogP contribution is 2.18. The molecule has 9 nitrogen and oxygen atoms in total. The summed E-state index contributed by atoms with van der Waals surface area (Å²) >= 11 is 0. The Labute approximate surface area is 161 Å². The van der Waals surface area contributed by atoms with Crippen LogP contribution >= 0.6 is 0 Å². The first-order valence-electron chi connectivity index (χ1n) is 9.04. The van der Waals surface area contributed by atoms with Crippen LogP contribution < -0.4 is 5.76 Å². The van der Waals surface area contributed by atoms with Crippen molar-refractivity contribution in [2.45, 2.75) is 32.4 Å². The Morgan fingerprint density at radius 2 is 2.07 bits per heavy atom. The Hall–Kier alpha value is -2.62. The molecule has 2 aromatic rings. The molecule has 28 heavy (non-hydrogen) atoms. The summed E-state index contributed by atoms with van der Waals surface area (Å²) < 4.78 is 34.7. The van der Waals surface area contributed by atoms with E-state index in [0.29, 0.717) is 24.1 Å². The van der Waals surface area contributed by atoms with Gasteiger partial charge in [0.1, 0.15) is 0 Å². The summed E-state index contributed by atoms with van der Waals surface area (Å²) in [6, 6.07) is 6.49. The number of aryl methyl sites for hydroxylation is 1. The summed E-state index contributed by atoms with van der Waals surface area (Å²) in [5.41, 5.74) is 1.01. The molecule has 3 rings (SSSR count). The van der Waals surface area contributed by atoms with Gasteiger partial charge in [0, 0.05) is 19.1 Å². The summed E-state index contributed by atoms with van der Waals surface area (Å²) in [5.74, 6) is -1.61. The lowest BCUT2D eigenvalue weighted by atomic mass is 10.2. The maximum atomic E-state index is 12.3. The van der Waals surface area contributed by atoms with E-state index in [0.717, 1.165) is 0 Å². The van der Waals surface area contributed by atoms with Crippen molar-refractivity contribution in [2.75, 3.05) is 24.7 Å². The van der Waals surface area contributed by atoms with Crippen LogP contribution in [0.4, 0.5) is 0 Å². The van der Waals surface area contributed by atoms with Crippen molar-refractivity contribution in [2.24, 2.45) is 0 Å². The van der Waals surface area contributed by atoms with E-state index >= 15 is 0 Å². The molecule has 1 amide bonds. The van der Waals surface area contributed by atoms with Crippen LogP contribution in [0.5, 0.6) is 0 Å². The zero-order chi connectivity index (χ0) is 20.3. The van der Waals surface area contributed by atoms with Crippen molar-refractivity contribution in [1.29, 1.82) is 0 Å². The number of hydrogen-bond donors (Lipinski definition) is 0. The maximum Gasteiger partial charge on any atom is 0.419 e. The van der Waals surface area contributed by atoms with Gasteiger partial charge < -0.3 is 14.1 Å². The molecule has 0 aliphatic carbocycles. The summed E-state index contributed by atoms with van der Waals surface area (Å²) in [6.45, 7) is 1.71. The minimum Gasteiger partial charge on any atom is -0.456 e. The number of rotatable bonds is 7. The van der Waals surface area contributed by atoms with Gasteiger partial charge in [-0.3, -0.25) is 14.2 Å². The van der Waals surface area contributed by atoms with Gasteiger partial charge in [-0.2, -0.15) is 0 Å². The number of carbonyl (C=O) groups excluding carboxylic acids is 2. The molecule has 0 unspecified atom stereocenters. The zero-order valence-corrected chi connectivity index (χ0v) is 16.3. The Balaban J connectivity index is 1.53. The van der Waals surface area contributed by atoms with E-state index in [9.17, 15) is 22.8 Å². The number of hydrogen-bond acceptors (Lipinski definition) is 7. The number of nitrogens with zero attached hydrogens (tertiary/aromatic N) is 2. The minimum absolute atomic E-state index is 0.0585. The number of ether oxygens (including phenoxy) is 1. The number of carbonyl (C=O) groups is 2. The zero-order valence-electron chi connectivity index (χ0n) is 15.5. The van der Waals surface area contributed by atoms with Gasteiger partial charge in [0.25, 0.3) is 5.91 Å². The number of benzene rings is 1. The van der Waals surface area contributed by atoms with Gasteiger partial charge in [-0.1, -0.05) is 12.1 Å². The molecular formula is C18H22N2O7S. The second kappa shape index (κ2) is 8.17. The van der Waals surface area contributed by atoms with E-state index in [1.165, 1.54) is 9.47 Å². The smallest absolute Gasteiger partial charge is 0.419 e. The average molecular weight is 410 g/mol.